The molecule has 21 heavy (non-hydrogen) atoms. The van der Waals surface area contributed by atoms with Crippen molar-refractivity contribution in [2.24, 2.45) is 0 Å². The monoisotopic (exact) mass is 308 g/mol. The number of hydrogen-bond donors (Lipinski definition) is 1. The van der Waals surface area contributed by atoms with Gasteiger partial charge in [-0.3, -0.25) is 4.79 Å². The lowest BCUT2D eigenvalue weighted by Crippen LogP contribution is -2.29. The molecule has 2 aromatic rings. The smallest absolute Gasteiger partial charge is 0.269 e. The van der Waals surface area contributed by atoms with Crippen LogP contribution in [0.15, 0.2) is 30.3 Å². The normalized spacial score (nSPS) is 11.3. The van der Waals surface area contributed by atoms with E-state index in [1.165, 1.54) is 0 Å². The Morgan fingerprint density at radius 2 is 2.05 bits per heavy atom. The van der Waals surface area contributed by atoms with E-state index in [1.807, 2.05) is 6.07 Å². The van der Waals surface area contributed by atoms with Crippen molar-refractivity contribution in [3.05, 3.63) is 36.0 Å². The number of ether oxygens (including phenoxy) is 1. The highest BCUT2D eigenvalue weighted by Crippen LogP contribution is 2.19. The fourth-order valence-electron chi connectivity index (χ4n) is 1.80. The fourth-order valence-corrected chi connectivity index (χ4v) is 2.27. The summed E-state index contributed by atoms with van der Waals surface area (Å²) in [6, 6.07) is 8.73. The van der Waals surface area contributed by atoms with Gasteiger partial charge in [-0.2, -0.15) is 0 Å². The number of hydrogen-bond acceptors (Lipinski definition) is 5. The average Bonchev–Trinajstić information content (AvgIpc) is 2.44. The second kappa shape index (κ2) is 6.09. The highest BCUT2D eigenvalue weighted by Gasteiger charge is 2.09. The predicted octanol–water partition coefficient (Wildman–Crippen LogP) is 1.02. The van der Waals surface area contributed by atoms with E-state index in [4.69, 9.17) is 4.74 Å². The first-order valence-electron chi connectivity index (χ1n) is 6.30. The standard InChI is InChI=1S/C14H16N2O4S/c1-20-11-4-6-12-10(9-11)3-5-13(16-12)14(17)15-7-8-21(2,18)19/h3-6,9H,7-8H2,1-2H3,(H,15,17). The number of carbonyl (C=O) groups excluding carboxylic acids is 1. The van der Waals surface area contributed by atoms with E-state index in [0.717, 1.165) is 17.4 Å². The van der Waals surface area contributed by atoms with Crippen LogP contribution in [0.4, 0.5) is 0 Å². The Morgan fingerprint density at radius 3 is 2.71 bits per heavy atom. The molecule has 112 valence electrons. The Hall–Kier alpha value is -2.15. The first-order valence-corrected chi connectivity index (χ1v) is 8.36. The van der Waals surface area contributed by atoms with Gasteiger partial charge in [0.1, 0.15) is 21.3 Å². The van der Waals surface area contributed by atoms with Crippen molar-refractivity contribution >= 4 is 26.6 Å². The molecule has 0 unspecified atom stereocenters. The van der Waals surface area contributed by atoms with Gasteiger partial charge in [-0.05, 0) is 24.3 Å². The maximum absolute atomic E-state index is 11.9. The third kappa shape index (κ3) is 4.16. The van der Waals surface area contributed by atoms with Gasteiger partial charge in [0.05, 0.1) is 18.4 Å². The minimum Gasteiger partial charge on any atom is -0.497 e. The lowest BCUT2D eigenvalue weighted by molar-refractivity contribution is 0.0951. The van der Waals surface area contributed by atoms with Gasteiger partial charge in [-0.15, -0.1) is 0 Å². The Morgan fingerprint density at radius 1 is 1.29 bits per heavy atom. The van der Waals surface area contributed by atoms with Crippen molar-refractivity contribution in [3.8, 4) is 5.75 Å². The summed E-state index contributed by atoms with van der Waals surface area (Å²) < 4.78 is 27.1. The third-order valence-electron chi connectivity index (χ3n) is 2.89. The van der Waals surface area contributed by atoms with E-state index >= 15 is 0 Å². The number of carbonyl (C=O) groups is 1. The number of nitrogens with zero attached hydrogens (tertiary/aromatic N) is 1. The number of benzene rings is 1. The van der Waals surface area contributed by atoms with Crippen LogP contribution in [0, 0.1) is 0 Å². The number of methoxy groups -OCH3 is 1. The van der Waals surface area contributed by atoms with E-state index in [2.05, 4.69) is 10.3 Å². The lowest BCUT2D eigenvalue weighted by Gasteiger charge is -2.06. The number of sulfone groups is 1. The lowest BCUT2D eigenvalue weighted by atomic mass is 10.2. The molecule has 0 fully saturated rings. The molecular weight excluding hydrogens is 292 g/mol. The molecule has 0 bridgehead atoms. The van der Waals surface area contributed by atoms with Crippen LogP contribution in [0.3, 0.4) is 0 Å². The van der Waals surface area contributed by atoms with E-state index in [9.17, 15) is 13.2 Å². The molecule has 0 aliphatic rings. The first kappa shape index (κ1) is 15.2. The van der Waals surface area contributed by atoms with Crippen LogP contribution in [-0.2, 0) is 9.84 Å². The summed E-state index contributed by atoms with van der Waals surface area (Å²) >= 11 is 0. The first-order chi connectivity index (χ1) is 9.89. The molecule has 0 saturated carbocycles. The summed E-state index contributed by atoms with van der Waals surface area (Å²) in [5.41, 5.74) is 0.924. The van der Waals surface area contributed by atoms with E-state index in [-0.39, 0.29) is 18.0 Å². The largest absolute Gasteiger partial charge is 0.497 e. The summed E-state index contributed by atoms with van der Waals surface area (Å²) in [5.74, 6) is 0.231. The highest BCUT2D eigenvalue weighted by atomic mass is 32.2. The average molecular weight is 308 g/mol. The second-order valence-electron chi connectivity index (χ2n) is 4.64. The van der Waals surface area contributed by atoms with Crippen molar-refractivity contribution in [2.75, 3.05) is 25.7 Å². The summed E-state index contributed by atoms with van der Waals surface area (Å²) in [5, 5.41) is 3.40. The molecule has 1 aromatic carbocycles. The molecule has 7 heteroatoms. The van der Waals surface area contributed by atoms with Gasteiger partial charge >= 0.3 is 0 Å². The topological polar surface area (TPSA) is 85.4 Å². The number of pyridine rings is 1. The zero-order valence-electron chi connectivity index (χ0n) is 11.8. The highest BCUT2D eigenvalue weighted by molar-refractivity contribution is 7.90. The van der Waals surface area contributed by atoms with Crippen LogP contribution in [0.5, 0.6) is 5.75 Å². The minimum atomic E-state index is -3.09. The molecule has 1 N–H and O–H groups in total. The zero-order valence-corrected chi connectivity index (χ0v) is 12.6. The van der Waals surface area contributed by atoms with Crippen molar-refractivity contribution in [2.45, 2.75) is 0 Å². The molecule has 0 atom stereocenters. The van der Waals surface area contributed by atoms with Gasteiger partial charge in [0.2, 0.25) is 0 Å². The Balaban J connectivity index is 2.13. The van der Waals surface area contributed by atoms with Gasteiger partial charge in [0.15, 0.2) is 0 Å². The number of amides is 1. The number of nitrogens with one attached hydrogen (secondary N) is 1. The number of fused-ring (bicyclic) bond motifs is 1. The molecule has 1 aromatic heterocycles. The summed E-state index contributed by atoms with van der Waals surface area (Å²) in [7, 11) is -1.51. The fraction of sp³-hybridized carbons (Fsp3) is 0.286. The number of rotatable bonds is 5. The molecule has 0 aliphatic carbocycles. The summed E-state index contributed by atoms with van der Waals surface area (Å²) in [6.45, 7) is 0.0694. The zero-order chi connectivity index (χ0) is 15.5. The summed E-state index contributed by atoms with van der Waals surface area (Å²) in [6.07, 6.45) is 1.13. The van der Waals surface area contributed by atoms with Crippen molar-refractivity contribution in [1.82, 2.24) is 10.3 Å². The van der Waals surface area contributed by atoms with Crippen LogP contribution >= 0.6 is 0 Å². The molecule has 2 rings (SSSR count). The third-order valence-corrected chi connectivity index (χ3v) is 3.83. The van der Waals surface area contributed by atoms with Gasteiger partial charge in [-0.25, -0.2) is 13.4 Å². The van der Waals surface area contributed by atoms with Gasteiger partial charge in [0, 0.05) is 18.2 Å². The second-order valence-corrected chi connectivity index (χ2v) is 6.90. The Bertz CT molecular complexity index is 772. The van der Waals surface area contributed by atoms with Crippen LogP contribution in [0.25, 0.3) is 10.9 Å². The van der Waals surface area contributed by atoms with Crippen molar-refractivity contribution < 1.29 is 17.9 Å². The molecule has 1 amide bonds. The predicted molar refractivity (Wildman–Crippen MR) is 80.3 cm³/mol. The maximum Gasteiger partial charge on any atom is 0.269 e. The van der Waals surface area contributed by atoms with E-state index in [1.54, 1.807) is 31.4 Å². The van der Waals surface area contributed by atoms with Gasteiger partial charge < -0.3 is 10.1 Å². The van der Waals surface area contributed by atoms with E-state index < -0.39 is 15.7 Å². The molecule has 0 aliphatic heterocycles. The van der Waals surface area contributed by atoms with Crippen molar-refractivity contribution in [1.29, 1.82) is 0 Å². The molecule has 0 radical (unpaired) electrons. The molecule has 1 heterocycles. The SMILES string of the molecule is COc1ccc2nc(C(=O)NCCS(C)(=O)=O)ccc2c1. The molecular formula is C14H16N2O4S. The van der Waals surface area contributed by atoms with Crippen LogP contribution in [-0.4, -0.2) is 45.0 Å². The Labute approximate surface area is 123 Å². The van der Waals surface area contributed by atoms with Gasteiger partial charge in [-0.1, -0.05) is 6.07 Å². The molecule has 6 nitrogen and oxygen atoms in total. The van der Waals surface area contributed by atoms with Gasteiger partial charge in [0.25, 0.3) is 5.91 Å². The van der Waals surface area contributed by atoms with Crippen LogP contribution in [0.2, 0.25) is 0 Å². The van der Waals surface area contributed by atoms with E-state index in [0.29, 0.717) is 5.52 Å². The molecule has 0 saturated heterocycles. The minimum absolute atomic E-state index is 0.0694. The molecule has 0 spiro atoms. The quantitative estimate of drug-likeness (QED) is 0.891. The summed E-state index contributed by atoms with van der Waals surface area (Å²) in [4.78, 5) is 16.2. The van der Waals surface area contributed by atoms with Crippen molar-refractivity contribution in [3.63, 3.8) is 0 Å². The van der Waals surface area contributed by atoms with Crippen LogP contribution in [0.1, 0.15) is 10.5 Å². The number of aromatic nitrogens is 1. The van der Waals surface area contributed by atoms with Crippen LogP contribution < -0.4 is 10.1 Å². The Kier molecular flexibility index (Phi) is 4.42. The maximum atomic E-state index is 11.9.